The van der Waals surface area contributed by atoms with Crippen molar-refractivity contribution in [2.75, 3.05) is 0 Å². The van der Waals surface area contributed by atoms with E-state index in [1.54, 1.807) is 0 Å². The number of benzene rings is 3. The van der Waals surface area contributed by atoms with E-state index in [0.717, 1.165) is 39.0 Å². The second kappa shape index (κ2) is 8.59. The summed E-state index contributed by atoms with van der Waals surface area (Å²) in [4.78, 5) is 9.04. The van der Waals surface area contributed by atoms with Gasteiger partial charge in [-0.2, -0.15) is 0 Å². The smallest absolute Gasteiger partial charge is 0.267 e. The molecule has 0 bridgehead atoms. The predicted octanol–water partition coefficient (Wildman–Crippen LogP) is 5.31. The van der Waals surface area contributed by atoms with E-state index in [0.29, 0.717) is 23.9 Å². The highest BCUT2D eigenvalue weighted by atomic mass is 16.5. The van der Waals surface area contributed by atoms with Gasteiger partial charge in [-0.05, 0) is 58.0 Å². The lowest BCUT2D eigenvalue weighted by Gasteiger charge is -2.07. The molecule has 0 radical (unpaired) electrons. The normalized spacial score (nSPS) is 11.5. The number of aromatic amines is 1. The van der Waals surface area contributed by atoms with Crippen LogP contribution < -0.4 is 4.74 Å². The monoisotopic (exact) mass is 446 g/mol. The zero-order chi connectivity index (χ0) is 22.7. The maximum atomic E-state index is 5.92. The van der Waals surface area contributed by atoms with Crippen molar-refractivity contribution in [1.29, 1.82) is 0 Å². The molecule has 3 aromatic carbocycles. The van der Waals surface area contributed by atoms with Crippen LogP contribution in [0.2, 0.25) is 0 Å². The number of tetrazole rings is 1. The number of fused-ring (bicyclic) bond motifs is 2. The Labute approximate surface area is 193 Å². The summed E-state index contributed by atoms with van der Waals surface area (Å²) in [6.07, 6.45) is 4.06. The number of nitrogens with zero attached hydrogens (tertiary/aromatic N) is 5. The van der Waals surface area contributed by atoms with Gasteiger partial charge in [0.05, 0.1) is 11.2 Å². The summed E-state index contributed by atoms with van der Waals surface area (Å²) < 4.78 is 11.7. The van der Waals surface area contributed by atoms with Crippen LogP contribution in [0.15, 0.2) is 83.3 Å². The summed E-state index contributed by atoms with van der Waals surface area (Å²) in [6.45, 7) is 0.420. The molecule has 0 fully saturated rings. The summed E-state index contributed by atoms with van der Waals surface area (Å²) in [7, 11) is 0. The van der Waals surface area contributed by atoms with Crippen LogP contribution >= 0.6 is 0 Å². The minimum Gasteiger partial charge on any atom is -0.487 e. The summed E-state index contributed by atoms with van der Waals surface area (Å²) in [5.74, 6) is 1.55. The lowest BCUT2D eigenvalue weighted by molar-refractivity contribution is 0.302. The molecule has 0 aliphatic carbocycles. The molecule has 8 heteroatoms. The Morgan fingerprint density at radius 2 is 1.68 bits per heavy atom. The van der Waals surface area contributed by atoms with E-state index < -0.39 is 0 Å². The van der Waals surface area contributed by atoms with Crippen molar-refractivity contribution in [3.8, 4) is 17.5 Å². The van der Waals surface area contributed by atoms with Gasteiger partial charge in [-0.15, -0.1) is 5.10 Å². The van der Waals surface area contributed by atoms with Gasteiger partial charge in [0.1, 0.15) is 17.9 Å². The van der Waals surface area contributed by atoms with Crippen LogP contribution in [-0.2, 0) is 6.61 Å². The summed E-state index contributed by atoms with van der Waals surface area (Å²) in [5.41, 5.74) is 5.33. The average Bonchev–Trinajstić information content (AvgIpc) is 3.56. The Balaban J connectivity index is 1.12. The third-order valence-corrected chi connectivity index (χ3v) is 5.35. The van der Waals surface area contributed by atoms with Crippen molar-refractivity contribution in [2.24, 2.45) is 0 Å². The summed E-state index contributed by atoms with van der Waals surface area (Å²) >= 11 is 0. The Morgan fingerprint density at radius 1 is 0.824 bits per heavy atom. The van der Waals surface area contributed by atoms with Gasteiger partial charge < -0.3 is 9.15 Å². The Bertz CT molecular complexity index is 1600. The van der Waals surface area contributed by atoms with Crippen molar-refractivity contribution >= 4 is 34.2 Å². The van der Waals surface area contributed by atoms with Crippen LogP contribution in [0.5, 0.6) is 5.75 Å². The fourth-order valence-electron chi connectivity index (χ4n) is 3.61. The lowest BCUT2D eigenvalue weighted by atomic mass is 10.1. The van der Waals surface area contributed by atoms with E-state index in [9.17, 15) is 0 Å². The number of hydrogen-bond donors (Lipinski definition) is 1. The van der Waals surface area contributed by atoms with Gasteiger partial charge in [-0.3, -0.25) is 0 Å². The van der Waals surface area contributed by atoms with Gasteiger partial charge in [-0.1, -0.05) is 54.6 Å². The molecule has 0 saturated heterocycles. The number of oxazole rings is 1. The van der Waals surface area contributed by atoms with Gasteiger partial charge in [0.15, 0.2) is 5.58 Å². The topological polar surface area (TPSA) is 103 Å². The molecule has 0 aliphatic rings. The third-order valence-electron chi connectivity index (χ3n) is 5.35. The first-order chi connectivity index (χ1) is 16.8. The Hall–Kier alpha value is -4.85. The molecular weight excluding hydrogens is 428 g/mol. The summed E-state index contributed by atoms with van der Waals surface area (Å²) in [5, 5.41) is 14.7. The SMILES string of the molecule is C(=Cc1ccc2nc(-c3nnn[nH]3)oc2c1)c1ccc(OCc2ccc3ccccc3n2)cc1. The minimum atomic E-state index is 0.357. The number of ether oxygens (including phenoxy) is 1. The van der Waals surface area contributed by atoms with Gasteiger partial charge in [0.2, 0.25) is 5.82 Å². The first-order valence-corrected chi connectivity index (χ1v) is 10.7. The van der Waals surface area contributed by atoms with Crippen molar-refractivity contribution < 1.29 is 9.15 Å². The van der Waals surface area contributed by atoms with Crippen molar-refractivity contribution in [3.05, 3.63) is 95.7 Å². The van der Waals surface area contributed by atoms with E-state index in [2.05, 4.69) is 42.7 Å². The van der Waals surface area contributed by atoms with Gasteiger partial charge in [0, 0.05) is 5.39 Å². The molecule has 0 amide bonds. The number of hydrogen-bond acceptors (Lipinski definition) is 7. The molecule has 34 heavy (non-hydrogen) atoms. The Morgan fingerprint density at radius 3 is 2.56 bits per heavy atom. The molecular formula is C26H18N6O2. The molecule has 6 rings (SSSR count). The fraction of sp³-hybridized carbons (Fsp3) is 0.0385. The van der Waals surface area contributed by atoms with Gasteiger partial charge >= 0.3 is 0 Å². The first kappa shape index (κ1) is 19.8. The molecule has 0 atom stereocenters. The molecule has 0 aliphatic heterocycles. The zero-order valence-corrected chi connectivity index (χ0v) is 17.9. The average molecular weight is 446 g/mol. The van der Waals surface area contributed by atoms with E-state index in [1.807, 2.05) is 78.9 Å². The molecule has 3 aromatic heterocycles. The quantitative estimate of drug-likeness (QED) is 0.346. The second-order valence-corrected chi connectivity index (χ2v) is 7.68. The Kier molecular flexibility index (Phi) is 5.00. The summed E-state index contributed by atoms with van der Waals surface area (Å²) in [6, 6.07) is 25.9. The van der Waals surface area contributed by atoms with Crippen LogP contribution in [0, 0.1) is 0 Å². The molecule has 1 N–H and O–H groups in total. The van der Waals surface area contributed by atoms with E-state index in [-0.39, 0.29) is 0 Å². The van der Waals surface area contributed by atoms with Crippen LogP contribution in [0.4, 0.5) is 0 Å². The number of nitrogens with one attached hydrogen (secondary N) is 1. The molecule has 8 nitrogen and oxygen atoms in total. The number of rotatable bonds is 6. The fourth-order valence-corrected chi connectivity index (χ4v) is 3.61. The highest BCUT2D eigenvalue weighted by Gasteiger charge is 2.11. The number of para-hydroxylation sites is 1. The first-order valence-electron chi connectivity index (χ1n) is 10.7. The number of aromatic nitrogens is 6. The van der Waals surface area contributed by atoms with E-state index in [4.69, 9.17) is 9.15 Å². The predicted molar refractivity (Wildman–Crippen MR) is 129 cm³/mol. The van der Waals surface area contributed by atoms with Crippen LogP contribution in [-0.4, -0.2) is 30.6 Å². The van der Waals surface area contributed by atoms with Crippen molar-refractivity contribution in [1.82, 2.24) is 30.6 Å². The number of H-pyrrole nitrogens is 1. The molecule has 0 unspecified atom stereocenters. The largest absolute Gasteiger partial charge is 0.487 e. The maximum absolute atomic E-state index is 5.92. The van der Waals surface area contributed by atoms with E-state index >= 15 is 0 Å². The van der Waals surface area contributed by atoms with E-state index in [1.165, 1.54) is 0 Å². The highest BCUT2D eigenvalue weighted by Crippen LogP contribution is 2.23. The highest BCUT2D eigenvalue weighted by molar-refractivity contribution is 5.81. The molecule has 0 saturated carbocycles. The third kappa shape index (κ3) is 4.12. The lowest BCUT2D eigenvalue weighted by Crippen LogP contribution is -1.98. The van der Waals surface area contributed by atoms with Gasteiger partial charge in [0.25, 0.3) is 5.89 Å². The van der Waals surface area contributed by atoms with Crippen molar-refractivity contribution in [3.63, 3.8) is 0 Å². The zero-order valence-electron chi connectivity index (χ0n) is 17.9. The van der Waals surface area contributed by atoms with Gasteiger partial charge in [-0.25, -0.2) is 15.1 Å². The van der Waals surface area contributed by atoms with Crippen LogP contribution in [0.25, 0.3) is 45.9 Å². The van der Waals surface area contributed by atoms with Crippen LogP contribution in [0.1, 0.15) is 16.8 Å². The maximum Gasteiger partial charge on any atom is 0.267 e. The molecule has 3 heterocycles. The van der Waals surface area contributed by atoms with Crippen LogP contribution in [0.3, 0.4) is 0 Å². The van der Waals surface area contributed by atoms with Crippen molar-refractivity contribution in [2.45, 2.75) is 6.61 Å². The molecule has 164 valence electrons. The standard InChI is InChI=1S/C26H18N6O2/c1-2-4-22-19(3-1)10-11-20(27-22)16-33-21-12-7-17(8-13-21)5-6-18-9-14-23-24(15-18)34-26(28-23)25-29-31-32-30-25/h1-15H,16H2,(H,29,30,31,32). The molecule has 6 aromatic rings. The number of pyridine rings is 1. The second-order valence-electron chi connectivity index (χ2n) is 7.68. The minimum absolute atomic E-state index is 0.357. The molecule has 0 spiro atoms.